The summed E-state index contributed by atoms with van der Waals surface area (Å²) in [6.45, 7) is 0.781. The second kappa shape index (κ2) is 4.94. The predicted molar refractivity (Wildman–Crippen MR) is 60.7 cm³/mol. The largest absolute Gasteiger partial charge is 0.326 e. The molecule has 0 atom stereocenters. The lowest BCUT2D eigenvalue weighted by Crippen LogP contribution is -2.23. The second-order valence-electron chi connectivity index (χ2n) is 3.89. The van der Waals surface area contributed by atoms with Gasteiger partial charge in [-0.2, -0.15) is 0 Å². The highest BCUT2D eigenvalue weighted by Crippen LogP contribution is 2.18. The minimum absolute atomic E-state index is 0.0781. The molecule has 80 valence electrons. The Morgan fingerprint density at radius 1 is 1.27 bits per heavy atom. The zero-order valence-electron chi connectivity index (χ0n) is 8.70. The number of benzene rings is 1. The van der Waals surface area contributed by atoms with Crippen LogP contribution in [0.2, 0.25) is 0 Å². The van der Waals surface area contributed by atoms with Crippen molar-refractivity contribution in [1.29, 1.82) is 0 Å². The molecule has 0 aliphatic heterocycles. The molecule has 0 saturated heterocycles. The van der Waals surface area contributed by atoms with Crippen LogP contribution in [0.1, 0.15) is 19.3 Å². The molecule has 1 fully saturated rings. The summed E-state index contributed by atoms with van der Waals surface area (Å²) < 4.78 is 0. The number of carbonyl (C=O) groups is 1. The topological polar surface area (TPSA) is 41.1 Å². The molecule has 0 radical (unpaired) electrons. The molecule has 0 aromatic heterocycles. The quantitative estimate of drug-likeness (QED) is 0.767. The van der Waals surface area contributed by atoms with Crippen molar-refractivity contribution in [3.8, 4) is 0 Å². The van der Waals surface area contributed by atoms with E-state index in [9.17, 15) is 4.79 Å². The van der Waals surface area contributed by atoms with Crippen molar-refractivity contribution in [3.63, 3.8) is 0 Å². The SMILES string of the molecule is O=C(CCNC1CC1)Nc1ccccc1. The van der Waals surface area contributed by atoms with Crippen LogP contribution in [-0.2, 0) is 4.79 Å². The van der Waals surface area contributed by atoms with Crippen LogP contribution in [0, 0.1) is 0 Å². The number of para-hydroxylation sites is 1. The number of hydrogen-bond acceptors (Lipinski definition) is 2. The summed E-state index contributed by atoms with van der Waals surface area (Å²) in [5.74, 6) is 0.0781. The maximum Gasteiger partial charge on any atom is 0.225 e. The molecule has 2 N–H and O–H groups in total. The van der Waals surface area contributed by atoms with E-state index >= 15 is 0 Å². The van der Waals surface area contributed by atoms with E-state index in [1.165, 1.54) is 12.8 Å². The summed E-state index contributed by atoms with van der Waals surface area (Å²) in [4.78, 5) is 11.5. The lowest BCUT2D eigenvalue weighted by Gasteiger charge is -2.05. The first-order valence-corrected chi connectivity index (χ1v) is 5.43. The molecule has 1 aromatic carbocycles. The Kier molecular flexibility index (Phi) is 3.35. The number of hydrogen-bond donors (Lipinski definition) is 2. The average molecular weight is 204 g/mol. The van der Waals surface area contributed by atoms with Crippen molar-refractivity contribution in [1.82, 2.24) is 5.32 Å². The van der Waals surface area contributed by atoms with Crippen LogP contribution >= 0.6 is 0 Å². The summed E-state index contributed by atoms with van der Waals surface area (Å²) in [7, 11) is 0. The van der Waals surface area contributed by atoms with Crippen LogP contribution < -0.4 is 10.6 Å². The Morgan fingerprint density at radius 3 is 2.67 bits per heavy atom. The van der Waals surface area contributed by atoms with Crippen molar-refractivity contribution in [2.45, 2.75) is 25.3 Å². The Bertz CT molecular complexity index is 320. The Hall–Kier alpha value is -1.35. The highest BCUT2D eigenvalue weighted by atomic mass is 16.1. The van der Waals surface area contributed by atoms with Gasteiger partial charge in [0, 0.05) is 24.7 Å². The molecule has 0 unspecified atom stereocenters. The van der Waals surface area contributed by atoms with Gasteiger partial charge >= 0.3 is 0 Å². The Morgan fingerprint density at radius 2 is 2.00 bits per heavy atom. The molecular formula is C12H16N2O. The van der Waals surface area contributed by atoms with Gasteiger partial charge in [-0.05, 0) is 25.0 Å². The highest BCUT2D eigenvalue weighted by Gasteiger charge is 2.19. The summed E-state index contributed by atoms with van der Waals surface area (Å²) in [6.07, 6.45) is 3.08. The van der Waals surface area contributed by atoms with Crippen molar-refractivity contribution < 1.29 is 4.79 Å². The zero-order valence-corrected chi connectivity index (χ0v) is 8.70. The second-order valence-corrected chi connectivity index (χ2v) is 3.89. The van der Waals surface area contributed by atoms with Crippen LogP contribution in [-0.4, -0.2) is 18.5 Å². The minimum Gasteiger partial charge on any atom is -0.326 e. The van der Waals surface area contributed by atoms with E-state index in [0.717, 1.165) is 12.2 Å². The van der Waals surface area contributed by atoms with Gasteiger partial charge in [0.05, 0.1) is 0 Å². The molecule has 1 aliphatic carbocycles. The molecule has 15 heavy (non-hydrogen) atoms. The van der Waals surface area contributed by atoms with Crippen LogP contribution in [0.4, 0.5) is 5.69 Å². The van der Waals surface area contributed by atoms with Gasteiger partial charge in [-0.25, -0.2) is 0 Å². The van der Waals surface area contributed by atoms with E-state index in [2.05, 4.69) is 10.6 Å². The predicted octanol–water partition coefficient (Wildman–Crippen LogP) is 1.77. The lowest BCUT2D eigenvalue weighted by atomic mass is 10.3. The molecule has 3 heteroatoms. The van der Waals surface area contributed by atoms with Crippen molar-refractivity contribution in [2.24, 2.45) is 0 Å². The molecular weight excluding hydrogens is 188 g/mol. The molecule has 1 aromatic rings. The third kappa shape index (κ3) is 3.72. The molecule has 0 spiro atoms. The van der Waals surface area contributed by atoms with E-state index in [-0.39, 0.29) is 5.91 Å². The third-order valence-corrected chi connectivity index (χ3v) is 2.42. The van der Waals surface area contributed by atoms with Gasteiger partial charge in [-0.3, -0.25) is 4.79 Å². The number of amides is 1. The van der Waals surface area contributed by atoms with Crippen molar-refractivity contribution in [2.75, 3.05) is 11.9 Å². The zero-order chi connectivity index (χ0) is 10.5. The maximum atomic E-state index is 11.5. The monoisotopic (exact) mass is 204 g/mol. The van der Waals surface area contributed by atoms with Crippen LogP contribution in [0.5, 0.6) is 0 Å². The van der Waals surface area contributed by atoms with E-state index in [1.54, 1.807) is 0 Å². The molecule has 0 heterocycles. The smallest absolute Gasteiger partial charge is 0.225 e. The van der Waals surface area contributed by atoms with Gasteiger partial charge in [-0.1, -0.05) is 18.2 Å². The van der Waals surface area contributed by atoms with Gasteiger partial charge in [0.15, 0.2) is 0 Å². The molecule has 3 nitrogen and oxygen atoms in total. The summed E-state index contributed by atoms with van der Waals surface area (Å²) in [6, 6.07) is 10.2. The first-order valence-electron chi connectivity index (χ1n) is 5.43. The normalized spacial score (nSPS) is 14.9. The van der Waals surface area contributed by atoms with Gasteiger partial charge in [0.1, 0.15) is 0 Å². The molecule has 0 bridgehead atoms. The maximum absolute atomic E-state index is 11.5. The Labute approximate surface area is 89.9 Å². The minimum atomic E-state index is 0.0781. The first kappa shape index (κ1) is 10.2. The first-order chi connectivity index (χ1) is 7.34. The van der Waals surface area contributed by atoms with Crippen molar-refractivity contribution >= 4 is 11.6 Å². The number of rotatable bonds is 5. The number of carbonyl (C=O) groups excluding carboxylic acids is 1. The van der Waals surface area contributed by atoms with Crippen LogP contribution in [0.25, 0.3) is 0 Å². The average Bonchev–Trinajstić information content (AvgIpc) is 3.03. The third-order valence-electron chi connectivity index (χ3n) is 2.42. The summed E-state index contributed by atoms with van der Waals surface area (Å²) in [5.41, 5.74) is 0.869. The fourth-order valence-electron chi connectivity index (χ4n) is 1.42. The van der Waals surface area contributed by atoms with E-state index in [0.29, 0.717) is 12.5 Å². The molecule has 1 amide bonds. The lowest BCUT2D eigenvalue weighted by molar-refractivity contribution is -0.116. The molecule has 2 rings (SSSR count). The summed E-state index contributed by atoms with van der Waals surface area (Å²) >= 11 is 0. The van der Waals surface area contributed by atoms with E-state index < -0.39 is 0 Å². The molecule has 1 saturated carbocycles. The number of anilines is 1. The fourth-order valence-corrected chi connectivity index (χ4v) is 1.42. The van der Waals surface area contributed by atoms with Gasteiger partial charge < -0.3 is 10.6 Å². The fraction of sp³-hybridized carbons (Fsp3) is 0.417. The van der Waals surface area contributed by atoms with Crippen LogP contribution in [0.3, 0.4) is 0 Å². The Balaban J connectivity index is 1.67. The van der Waals surface area contributed by atoms with E-state index in [1.807, 2.05) is 30.3 Å². The van der Waals surface area contributed by atoms with Gasteiger partial charge in [0.25, 0.3) is 0 Å². The standard InChI is InChI=1S/C12H16N2O/c15-12(8-9-13-10-6-7-10)14-11-4-2-1-3-5-11/h1-5,10,13H,6-9H2,(H,14,15). The number of nitrogens with one attached hydrogen (secondary N) is 2. The van der Waals surface area contributed by atoms with Crippen LogP contribution in [0.15, 0.2) is 30.3 Å². The summed E-state index contributed by atoms with van der Waals surface area (Å²) in [5, 5.41) is 6.17. The highest BCUT2D eigenvalue weighted by molar-refractivity contribution is 5.90. The van der Waals surface area contributed by atoms with Gasteiger partial charge in [-0.15, -0.1) is 0 Å². The molecule has 1 aliphatic rings. The van der Waals surface area contributed by atoms with Gasteiger partial charge in [0.2, 0.25) is 5.91 Å². The van der Waals surface area contributed by atoms with E-state index in [4.69, 9.17) is 0 Å². The van der Waals surface area contributed by atoms with Crippen molar-refractivity contribution in [3.05, 3.63) is 30.3 Å².